The highest BCUT2D eigenvalue weighted by Crippen LogP contribution is 2.22. The van der Waals surface area contributed by atoms with Crippen LogP contribution in [0.2, 0.25) is 0 Å². The molecule has 2 unspecified atom stereocenters. The van der Waals surface area contributed by atoms with Crippen molar-refractivity contribution in [2.24, 2.45) is 5.14 Å². The summed E-state index contributed by atoms with van der Waals surface area (Å²) in [5, 5.41) is 37.8. The molecule has 2 rings (SSSR count). The third-order valence-corrected chi connectivity index (χ3v) is 6.58. The second-order valence-corrected chi connectivity index (χ2v) is 10.5. The fraction of sp³-hybridized carbons (Fsp3) is 0.538. The van der Waals surface area contributed by atoms with Crippen molar-refractivity contribution >= 4 is 10.0 Å². The molecule has 0 aliphatic carbocycles. The summed E-state index contributed by atoms with van der Waals surface area (Å²) in [6.45, 7) is 3.56. The van der Waals surface area contributed by atoms with Crippen molar-refractivity contribution in [3.8, 4) is 5.75 Å². The Morgan fingerprint density at radius 3 is 2.57 bits per heavy atom. The van der Waals surface area contributed by atoms with E-state index in [4.69, 9.17) is 9.88 Å². The molecule has 0 heterocycles. The molecule has 6 N–H and O–H groups in total. The second-order valence-electron chi connectivity index (χ2n) is 8.92. The number of ether oxygens (including phenoxy) is 1. The first-order valence-electron chi connectivity index (χ1n) is 12.2. The van der Waals surface area contributed by atoms with E-state index >= 15 is 0 Å². The van der Waals surface area contributed by atoms with E-state index in [1.165, 1.54) is 6.07 Å². The Labute approximate surface area is 209 Å². The number of phenols is 1. The van der Waals surface area contributed by atoms with Crippen LogP contribution in [-0.4, -0.2) is 49.5 Å². The molecule has 2 atom stereocenters. The van der Waals surface area contributed by atoms with Crippen molar-refractivity contribution in [2.45, 2.75) is 70.0 Å². The van der Waals surface area contributed by atoms with Gasteiger partial charge in [0.25, 0.3) is 0 Å². The smallest absolute Gasteiger partial charge is 0.213 e. The lowest BCUT2D eigenvalue weighted by atomic mass is 10.0. The number of nitrogens with one attached hydrogen (secondary N) is 1. The molecule has 9 heteroatoms. The maximum Gasteiger partial charge on any atom is 0.213 e. The van der Waals surface area contributed by atoms with Gasteiger partial charge in [0, 0.05) is 18.7 Å². The number of aromatic hydroxyl groups is 1. The molecule has 2 aromatic rings. The fourth-order valence-electron chi connectivity index (χ4n) is 3.94. The summed E-state index contributed by atoms with van der Waals surface area (Å²) in [5.41, 5.74) is 2.80. The van der Waals surface area contributed by atoms with Crippen molar-refractivity contribution in [3.63, 3.8) is 0 Å². The van der Waals surface area contributed by atoms with Gasteiger partial charge in [-0.1, -0.05) is 50.1 Å². The maximum absolute atomic E-state index is 11.3. The number of unbranched alkanes of at least 4 members (excludes halogenated alkanes) is 1. The van der Waals surface area contributed by atoms with Gasteiger partial charge in [-0.15, -0.1) is 0 Å². The number of hydrogen-bond acceptors (Lipinski definition) is 7. The highest BCUT2D eigenvalue weighted by atomic mass is 32.2. The Balaban J connectivity index is 1.74. The van der Waals surface area contributed by atoms with Crippen molar-refractivity contribution in [2.75, 3.05) is 19.7 Å². The first kappa shape index (κ1) is 29.2. The molecule has 0 amide bonds. The molecular formula is C26H40N2O6S. The van der Waals surface area contributed by atoms with Crippen LogP contribution in [0.1, 0.15) is 67.4 Å². The van der Waals surface area contributed by atoms with E-state index in [-0.39, 0.29) is 24.2 Å². The minimum absolute atomic E-state index is 0.0172. The van der Waals surface area contributed by atoms with Gasteiger partial charge in [0.05, 0.1) is 24.6 Å². The van der Waals surface area contributed by atoms with Crippen LogP contribution in [-0.2, 0) is 33.5 Å². The summed E-state index contributed by atoms with van der Waals surface area (Å²) in [4.78, 5) is 0. The van der Waals surface area contributed by atoms with Gasteiger partial charge in [0.15, 0.2) is 0 Å². The van der Waals surface area contributed by atoms with E-state index in [9.17, 15) is 23.7 Å². The highest BCUT2D eigenvalue weighted by molar-refractivity contribution is 7.88. The molecular weight excluding hydrogens is 468 g/mol. The third-order valence-electron chi connectivity index (χ3n) is 5.84. The van der Waals surface area contributed by atoms with E-state index in [1.54, 1.807) is 18.2 Å². The molecule has 0 spiro atoms. The van der Waals surface area contributed by atoms with Gasteiger partial charge in [0.2, 0.25) is 10.0 Å². The van der Waals surface area contributed by atoms with Crippen LogP contribution in [0, 0.1) is 0 Å². The quantitative estimate of drug-likeness (QED) is 0.207. The number of aliphatic hydroxyl groups excluding tert-OH is 2. The number of hydrogen-bond donors (Lipinski definition) is 5. The molecule has 0 aliphatic rings. The summed E-state index contributed by atoms with van der Waals surface area (Å²) < 4.78 is 28.8. The Kier molecular flexibility index (Phi) is 12.7. The number of nitrogens with two attached hydrogens (primary N) is 1. The Bertz CT molecular complexity index is 999. The summed E-state index contributed by atoms with van der Waals surface area (Å²) in [6.07, 6.45) is 5.00. The zero-order valence-corrected chi connectivity index (χ0v) is 21.3. The topological polar surface area (TPSA) is 142 Å². The number of benzene rings is 2. The molecule has 0 radical (unpaired) electrons. The maximum atomic E-state index is 11.3. The third kappa shape index (κ3) is 11.5. The summed E-state index contributed by atoms with van der Waals surface area (Å²) in [5.74, 6) is -0.142. The van der Waals surface area contributed by atoms with E-state index in [0.717, 1.165) is 44.1 Å². The van der Waals surface area contributed by atoms with E-state index in [0.29, 0.717) is 36.4 Å². The number of primary sulfonamides is 1. The SMILES string of the molecule is CCCCC(CCNCC(O)c1ccc(O)c(CO)c1)OCCCc1cccc(CS(N)(=O)=O)c1. The molecule has 0 saturated heterocycles. The van der Waals surface area contributed by atoms with Gasteiger partial charge in [-0.3, -0.25) is 0 Å². The van der Waals surface area contributed by atoms with Crippen molar-refractivity contribution in [1.82, 2.24) is 5.32 Å². The lowest BCUT2D eigenvalue weighted by Gasteiger charge is -2.19. The largest absolute Gasteiger partial charge is 0.508 e. The molecule has 0 aliphatic heterocycles. The first-order chi connectivity index (χ1) is 16.7. The van der Waals surface area contributed by atoms with Crippen molar-refractivity contribution < 1.29 is 28.5 Å². The van der Waals surface area contributed by atoms with Crippen LogP contribution in [0.5, 0.6) is 5.75 Å². The van der Waals surface area contributed by atoms with Gasteiger partial charge in [-0.05, 0) is 61.1 Å². The van der Waals surface area contributed by atoms with E-state index in [1.807, 2.05) is 18.2 Å². The lowest BCUT2D eigenvalue weighted by Crippen LogP contribution is -2.26. The Morgan fingerprint density at radius 2 is 1.86 bits per heavy atom. The molecule has 0 saturated carbocycles. The molecule has 196 valence electrons. The van der Waals surface area contributed by atoms with Crippen molar-refractivity contribution in [3.05, 3.63) is 64.7 Å². The number of aryl methyl sites for hydroxylation is 1. The summed E-state index contributed by atoms with van der Waals surface area (Å²) in [7, 11) is -3.54. The fourth-order valence-corrected chi connectivity index (χ4v) is 4.58. The standard InChI is InChI=1S/C26H40N2O6S/c1-2-3-9-24(12-13-28-17-26(31)22-10-11-25(30)23(16-22)18-29)34-14-5-8-20-6-4-7-21(15-20)19-35(27,32)33/h4,6-7,10-11,15-16,24,26,28-31H,2-3,5,8-9,12-14,17-19H2,1H3,(H2,27,32,33). The molecule has 35 heavy (non-hydrogen) atoms. The van der Waals surface area contributed by atoms with Crippen LogP contribution < -0.4 is 10.5 Å². The minimum atomic E-state index is -3.54. The van der Waals surface area contributed by atoms with Gasteiger partial charge < -0.3 is 25.4 Å². The van der Waals surface area contributed by atoms with Gasteiger partial charge >= 0.3 is 0 Å². The van der Waals surface area contributed by atoms with Gasteiger partial charge in [-0.25, -0.2) is 13.6 Å². The summed E-state index contributed by atoms with van der Waals surface area (Å²) >= 11 is 0. The number of sulfonamides is 1. The molecule has 8 nitrogen and oxygen atoms in total. The Hall–Kier alpha value is -2.01. The molecule has 0 bridgehead atoms. The van der Waals surface area contributed by atoms with Crippen LogP contribution >= 0.6 is 0 Å². The van der Waals surface area contributed by atoms with Crippen LogP contribution in [0.3, 0.4) is 0 Å². The average molecular weight is 509 g/mol. The van der Waals surface area contributed by atoms with Gasteiger partial charge in [-0.2, -0.15) is 0 Å². The molecule has 0 aromatic heterocycles. The second kappa shape index (κ2) is 15.2. The van der Waals surface area contributed by atoms with Crippen LogP contribution in [0.25, 0.3) is 0 Å². The number of aliphatic hydroxyl groups is 2. The predicted molar refractivity (Wildman–Crippen MR) is 137 cm³/mol. The zero-order chi connectivity index (χ0) is 25.7. The highest BCUT2D eigenvalue weighted by Gasteiger charge is 2.12. The zero-order valence-electron chi connectivity index (χ0n) is 20.5. The van der Waals surface area contributed by atoms with E-state index < -0.39 is 16.1 Å². The van der Waals surface area contributed by atoms with Crippen molar-refractivity contribution in [1.29, 1.82) is 0 Å². The number of rotatable bonds is 17. The molecule has 0 fully saturated rings. The molecule has 2 aromatic carbocycles. The predicted octanol–water partition coefficient (Wildman–Crippen LogP) is 2.89. The van der Waals surface area contributed by atoms with Gasteiger partial charge in [0.1, 0.15) is 5.75 Å². The lowest BCUT2D eigenvalue weighted by molar-refractivity contribution is 0.0384. The van der Waals surface area contributed by atoms with E-state index in [2.05, 4.69) is 12.2 Å². The summed E-state index contributed by atoms with van der Waals surface area (Å²) in [6, 6.07) is 12.2. The average Bonchev–Trinajstić information content (AvgIpc) is 2.81. The Morgan fingerprint density at radius 1 is 1.09 bits per heavy atom. The normalized spacial score (nSPS) is 13.6. The monoisotopic (exact) mass is 508 g/mol. The van der Waals surface area contributed by atoms with Crippen LogP contribution in [0.15, 0.2) is 42.5 Å². The minimum Gasteiger partial charge on any atom is -0.508 e. The first-order valence-corrected chi connectivity index (χ1v) is 13.9. The van der Waals surface area contributed by atoms with Crippen LogP contribution in [0.4, 0.5) is 0 Å².